The van der Waals surface area contributed by atoms with Crippen molar-refractivity contribution in [2.24, 2.45) is 0 Å². The topological polar surface area (TPSA) is 74.2 Å². The number of aliphatic hydroxyl groups excluding tert-OH is 1. The van der Waals surface area contributed by atoms with E-state index in [-0.39, 0.29) is 12.1 Å². The molecular weight excluding hydrogens is 310 g/mol. The highest BCUT2D eigenvalue weighted by Crippen LogP contribution is 2.18. The third-order valence-corrected chi connectivity index (χ3v) is 4.68. The first-order valence-electron chi connectivity index (χ1n) is 7.66. The number of nitrogens with one attached hydrogen (secondary N) is 2. The van der Waals surface area contributed by atoms with Gasteiger partial charge < -0.3 is 15.7 Å². The Morgan fingerprint density at radius 1 is 1.30 bits per heavy atom. The SMILES string of the molecule is Cc1nc(CNC(=O)NC(C)CC(O)c2ccccc2)sc1C. The standard InChI is InChI=1S/C17H23N3O2S/c1-11(9-15(21)14-7-5-4-6-8-14)19-17(22)18-10-16-20-12(2)13(3)23-16/h4-8,11,15,21H,9-10H2,1-3H3,(H2,18,19,22). The fourth-order valence-electron chi connectivity index (χ4n) is 2.25. The number of hydrogen-bond donors (Lipinski definition) is 3. The molecule has 0 aliphatic carbocycles. The van der Waals surface area contributed by atoms with Crippen LogP contribution in [-0.4, -0.2) is 22.2 Å². The number of amides is 2. The summed E-state index contributed by atoms with van der Waals surface area (Å²) in [5.41, 5.74) is 1.86. The number of aromatic nitrogens is 1. The number of thiazole rings is 1. The van der Waals surface area contributed by atoms with Gasteiger partial charge in [-0.3, -0.25) is 0 Å². The largest absolute Gasteiger partial charge is 0.388 e. The molecule has 2 rings (SSSR count). The highest BCUT2D eigenvalue weighted by Gasteiger charge is 2.14. The lowest BCUT2D eigenvalue weighted by Crippen LogP contribution is -2.41. The van der Waals surface area contributed by atoms with Crippen molar-refractivity contribution in [2.75, 3.05) is 0 Å². The average Bonchev–Trinajstić information content (AvgIpc) is 2.84. The first kappa shape index (κ1) is 17.4. The minimum absolute atomic E-state index is 0.134. The van der Waals surface area contributed by atoms with Gasteiger partial charge in [-0.15, -0.1) is 11.3 Å². The molecular formula is C17H23N3O2S. The fraction of sp³-hybridized carbons (Fsp3) is 0.412. The number of hydrogen-bond acceptors (Lipinski definition) is 4. The molecule has 124 valence electrons. The van der Waals surface area contributed by atoms with E-state index < -0.39 is 6.10 Å². The number of urea groups is 1. The van der Waals surface area contributed by atoms with Gasteiger partial charge in [-0.25, -0.2) is 9.78 Å². The van der Waals surface area contributed by atoms with E-state index in [4.69, 9.17) is 0 Å². The number of carbonyl (C=O) groups excluding carboxylic acids is 1. The van der Waals surface area contributed by atoms with Crippen LogP contribution in [-0.2, 0) is 6.54 Å². The fourth-order valence-corrected chi connectivity index (χ4v) is 3.12. The number of benzene rings is 1. The molecule has 1 aromatic carbocycles. The summed E-state index contributed by atoms with van der Waals surface area (Å²) < 4.78 is 0. The van der Waals surface area contributed by atoms with Crippen LogP contribution in [0.1, 0.15) is 40.6 Å². The second-order valence-electron chi connectivity index (χ2n) is 5.64. The van der Waals surface area contributed by atoms with Gasteiger partial charge in [0.05, 0.1) is 18.3 Å². The van der Waals surface area contributed by atoms with Crippen molar-refractivity contribution in [3.05, 3.63) is 51.5 Å². The Morgan fingerprint density at radius 3 is 2.61 bits per heavy atom. The Balaban J connectivity index is 1.76. The molecule has 1 aromatic heterocycles. The second-order valence-corrected chi connectivity index (χ2v) is 6.93. The van der Waals surface area contributed by atoms with Crippen molar-refractivity contribution in [2.45, 2.75) is 45.9 Å². The smallest absolute Gasteiger partial charge is 0.315 e. The van der Waals surface area contributed by atoms with Crippen molar-refractivity contribution in [3.63, 3.8) is 0 Å². The monoisotopic (exact) mass is 333 g/mol. The molecule has 2 aromatic rings. The normalized spacial score (nSPS) is 13.4. The minimum atomic E-state index is -0.587. The van der Waals surface area contributed by atoms with Crippen molar-refractivity contribution < 1.29 is 9.90 Å². The summed E-state index contributed by atoms with van der Waals surface area (Å²) in [6, 6.07) is 9.07. The van der Waals surface area contributed by atoms with Gasteiger partial charge in [-0.1, -0.05) is 30.3 Å². The Morgan fingerprint density at radius 2 is 2.00 bits per heavy atom. The molecule has 2 atom stereocenters. The van der Waals surface area contributed by atoms with Crippen LogP contribution in [0.2, 0.25) is 0 Å². The van der Waals surface area contributed by atoms with Gasteiger partial charge in [0.25, 0.3) is 0 Å². The van der Waals surface area contributed by atoms with E-state index in [9.17, 15) is 9.90 Å². The molecule has 0 aliphatic rings. The summed E-state index contributed by atoms with van der Waals surface area (Å²) >= 11 is 1.59. The zero-order valence-electron chi connectivity index (χ0n) is 13.7. The zero-order valence-corrected chi connectivity index (χ0v) is 14.5. The maximum Gasteiger partial charge on any atom is 0.315 e. The third-order valence-electron chi connectivity index (χ3n) is 3.61. The van der Waals surface area contributed by atoms with E-state index in [2.05, 4.69) is 15.6 Å². The van der Waals surface area contributed by atoms with Crippen LogP contribution in [0.15, 0.2) is 30.3 Å². The van der Waals surface area contributed by atoms with Crippen molar-refractivity contribution in [1.82, 2.24) is 15.6 Å². The predicted molar refractivity (Wildman–Crippen MR) is 92.4 cm³/mol. The first-order valence-corrected chi connectivity index (χ1v) is 8.47. The van der Waals surface area contributed by atoms with Gasteiger partial charge in [-0.05, 0) is 32.8 Å². The number of rotatable bonds is 6. The highest BCUT2D eigenvalue weighted by atomic mass is 32.1. The predicted octanol–water partition coefficient (Wildman–Crippen LogP) is 3.07. The van der Waals surface area contributed by atoms with E-state index in [0.29, 0.717) is 13.0 Å². The third kappa shape index (κ3) is 5.33. The summed E-state index contributed by atoms with van der Waals surface area (Å²) in [6.07, 6.45) is -0.122. The molecule has 0 fully saturated rings. The zero-order chi connectivity index (χ0) is 16.8. The number of carbonyl (C=O) groups is 1. The molecule has 0 radical (unpaired) electrons. The second kappa shape index (κ2) is 8.08. The maximum atomic E-state index is 11.9. The molecule has 5 nitrogen and oxygen atoms in total. The Hall–Kier alpha value is -1.92. The summed E-state index contributed by atoms with van der Waals surface area (Å²) in [4.78, 5) is 17.5. The first-order chi connectivity index (χ1) is 11.0. The van der Waals surface area contributed by atoms with Crippen LogP contribution in [0, 0.1) is 13.8 Å². The van der Waals surface area contributed by atoms with Crippen molar-refractivity contribution in [1.29, 1.82) is 0 Å². The molecule has 6 heteroatoms. The number of nitrogens with zero attached hydrogens (tertiary/aromatic N) is 1. The quantitative estimate of drug-likeness (QED) is 0.760. The highest BCUT2D eigenvalue weighted by molar-refractivity contribution is 7.11. The van der Waals surface area contributed by atoms with Gasteiger partial charge in [-0.2, -0.15) is 0 Å². The van der Waals surface area contributed by atoms with Crippen LogP contribution in [0.4, 0.5) is 4.79 Å². The molecule has 2 unspecified atom stereocenters. The van der Waals surface area contributed by atoms with Gasteiger partial charge in [0.15, 0.2) is 0 Å². The lowest BCUT2D eigenvalue weighted by molar-refractivity contribution is 0.154. The molecule has 0 spiro atoms. The molecule has 0 saturated carbocycles. The van der Waals surface area contributed by atoms with E-state index in [1.54, 1.807) is 11.3 Å². The number of aliphatic hydroxyl groups is 1. The van der Waals surface area contributed by atoms with E-state index in [1.807, 2.05) is 51.1 Å². The van der Waals surface area contributed by atoms with Crippen LogP contribution in [0.5, 0.6) is 0 Å². The Bertz CT molecular complexity index is 623. The van der Waals surface area contributed by atoms with Gasteiger partial charge in [0, 0.05) is 10.9 Å². The molecule has 3 N–H and O–H groups in total. The van der Waals surface area contributed by atoms with Crippen LogP contribution in [0.3, 0.4) is 0 Å². The lowest BCUT2D eigenvalue weighted by atomic mass is 10.0. The molecule has 0 aliphatic heterocycles. The maximum absolute atomic E-state index is 11.9. The van der Waals surface area contributed by atoms with E-state index in [1.165, 1.54) is 4.88 Å². The summed E-state index contributed by atoms with van der Waals surface area (Å²) in [5, 5.41) is 16.7. The Labute approximate surface area is 140 Å². The summed E-state index contributed by atoms with van der Waals surface area (Å²) in [7, 11) is 0. The molecule has 1 heterocycles. The molecule has 0 bridgehead atoms. The Kier molecular flexibility index (Phi) is 6.12. The molecule has 0 saturated heterocycles. The van der Waals surface area contributed by atoms with Crippen LogP contribution in [0.25, 0.3) is 0 Å². The van der Waals surface area contributed by atoms with Crippen molar-refractivity contribution >= 4 is 17.4 Å². The van der Waals surface area contributed by atoms with E-state index >= 15 is 0 Å². The van der Waals surface area contributed by atoms with Crippen LogP contribution >= 0.6 is 11.3 Å². The van der Waals surface area contributed by atoms with Crippen LogP contribution < -0.4 is 10.6 Å². The summed E-state index contributed by atoms with van der Waals surface area (Å²) in [6.45, 7) is 6.27. The van der Waals surface area contributed by atoms with Gasteiger partial charge in [0.1, 0.15) is 5.01 Å². The lowest BCUT2D eigenvalue weighted by Gasteiger charge is -2.18. The average molecular weight is 333 g/mol. The minimum Gasteiger partial charge on any atom is -0.388 e. The van der Waals surface area contributed by atoms with Crippen molar-refractivity contribution in [3.8, 4) is 0 Å². The van der Waals surface area contributed by atoms with E-state index in [0.717, 1.165) is 16.3 Å². The van der Waals surface area contributed by atoms with Gasteiger partial charge in [0.2, 0.25) is 0 Å². The molecule has 23 heavy (non-hydrogen) atoms. The molecule has 2 amide bonds. The summed E-state index contributed by atoms with van der Waals surface area (Å²) in [5.74, 6) is 0. The number of aryl methyl sites for hydroxylation is 2. The van der Waals surface area contributed by atoms with Gasteiger partial charge >= 0.3 is 6.03 Å².